The molecule has 0 aromatic heterocycles. The van der Waals surface area contributed by atoms with Crippen LogP contribution in [0, 0.1) is 23.2 Å². The van der Waals surface area contributed by atoms with Crippen LogP contribution in [-0.2, 0) is 19.1 Å². The van der Waals surface area contributed by atoms with E-state index in [1.54, 1.807) is 38.2 Å². The molecule has 0 unspecified atom stereocenters. The lowest BCUT2D eigenvalue weighted by atomic mass is 9.83. The van der Waals surface area contributed by atoms with Crippen molar-refractivity contribution in [3.8, 4) is 11.8 Å². The number of Topliss-reactive ketones (excluding diaryl/α,β-unsaturated/α-hetero) is 1. The number of hydrogen-bond donors (Lipinski definition) is 2. The van der Waals surface area contributed by atoms with Gasteiger partial charge in [-0.05, 0) is 32.6 Å². The Labute approximate surface area is 222 Å². The van der Waals surface area contributed by atoms with Gasteiger partial charge in [0.25, 0.3) is 0 Å². The Kier molecular flexibility index (Phi) is 13.6. The van der Waals surface area contributed by atoms with Gasteiger partial charge in [0.15, 0.2) is 5.78 Å². The maximum atomic E-state index is 12.8. The summed E-state index contributed by atoms with van der Waals surface area (Å²) in [6.45, 7) is 13.2. The third-order valence-electron chi connectivity index (χ3n) is 5.95. The molecule has 6 nitrogen and oxygen atoms in total. The van der Waals surface area contributed by atoms with Gasteiger partial charge in [-0.1, -0.05) is 75.8 Å². The number of carbonyl (C=O) groups excluding carboxylic acids is 3. The summed E-state index contributed by atoms with van der Waals surface area (Å²) in [6.07, 6.45) is 15.1. The Morgan fingerprint density at radius 3 is 2.54 bits per heavy atom. The van der Waals surface area contributed by atoms with Crippen molar-refractivity contribution in [3.05, 3.63) is 59.8 Å². The van der Waals surface area contributed by atoms with Gasteiger partial charge in [-0.2, -0.15) is 0 Å². The van der Waals surface area contributed by atoms with E-state index in [-0.39, 0.29) is 36.1 Å². The fourth-order valence-electron chi connectivity index (χ4n) is 3.75. The number of esters is 1. The third-order valence-corrected chi connectivity index (χ3v) is 5.95. The predicted molar refractivity (Wildman–Crippen MR) is 148 cm³/mol. The van der Waals surface area contributed by atoms with Crippen LogP contribution in [0.1, 0.15) is 74.1 Å². The highest BCUT2D eigenvalue weighted by molar-refractivity contribution is 5.94. The lowest BCUT2D eigenvalue weighted by molar-refractivity contribution is -0.147. The molecule has 0 radical (unpaired) electrons. The van der Waals surface area contributed by atoms with E-state index in [1.165, 1.54) is 6.08 Å². The maximum Gasteiger partial charge on any atom is 0.333 e. The molecule has 2 N–H and O–H groups in total. The Hall–Kier alpha value is -3.17. The van der Waals surface area contributed by atoms with Crippen molar-refractivity contribution < 1.29 is 24.2 Å². The van der Waals surface area contributed by atoms with Crippen LogP contribution in [0.5, 0.6) is 0 Å². The number of aliphatic hydroxyl groups is 1. The first-order chi connectivity index (χ1) is 17.3. The SMILES string of the molecule is CC#CC[C@H](O)C/C=C\CC(=O)[C@@H](NC(=O)\C=C/C=C\C(C)=C\[C@H](C)[C@@H]1CC=C(C)C(=O)O1)C(C)(C)C. The van der Waals surface area contributed by atoms with E-state index >= 15 is 0 Å². The molecular weight excluding hydrogens is 466 g/mol. The zero-order valence-corrected chi connectivity index (χ0v) is 23.3. The van der Waals surface area contributed by atoms with Crippen LogP contribution in [0.3, 0.4) is 0 Å². The lowest BCUT2D eigenvalue weighted by Crippen LogP contribution is -2.48. The smallest absolute Gasteiger partial charge is 0.333 e. The van der Waals surface area contributed by atoms with Crippen molar-refractivity contribution in [2.24, 2.45) is 11.3 Å². The minimum atomic E-state index is -0.646. The lowest BCUT2D eigenvalue weighted by Gasteiger charge is -2.29. The third kappa shape index (κ3) is 12.6. The van der Waals surface area contributed by atoms with E-state index in [0.717, 1.165) is 5.57 Å². The molecule has 0 bridgehead atoms. The molecule has 0 aromatic rings. The van der Waals surface area contributed by atoms with Crippen LogP contribution in [0.15, 0.2) is 59.8 Å². The summed E-state index contributed by atoms with van der Waals surface area (Å²) in [4.78, 5) is 37.1. The molecule has 0 fully saturated rings. The topological polar surface area (TPSA) is 92.7 Å². The molecule has 1 aliphatic heterocycles. The number of rotatable bonds is 12. The molecule has 4 atom stereocenters. The Morgan fingerprint density at radius 1 is 1.24 bits per heavy atom. The fourth-order valence-corrected chi connectivity index (χ4v) is 3.75. The van der Waals surface area contributed by atoms with Crippen molar-refractivity contribution in [1.29, 1.82) is 0 Å². The minimum absolute atomic E-state index is 0.0612. The number of ether oxygens (including phenoxy) is 1. The Balaban J connectivity index is 2.64. The molecule has 0 aliphatic carbocycles. The first kappa shape index (κ1) is 31.9. The quantitative estimate of drug-likeness (QED) is 0.125. The number of cyclic esters (lactones) is 1. The van der Waals surface area contributed by atoms with Crippen molar-refractivity contribution in [3.63, 3.8) is 0 Å². The van der Waals surface area contributed by atoms with Gasteiger partial charge in [0.1, 0.15) is 6.10 Å². The van der Waals surface area contributed by atoms with Gasteiger partial charge in [0.2, 0.25) is 5.91 Å². The molecule has 1 amide bonds. The summed E-state index contributed by atoms with van der Waals surface area (Å²) in [5.74, 6) is 4.93. The van der Waals surface area contributed by atoms with Gasteiger partial charge in [0, 0.05) is 36.8 Å². The molecule has 1 heterocycles. The highest BCUT2D eigenvalue weighted by Crippen LogP contribution is 2.23. The average molecular weight is 510 g/mol. The summed E-state index contributed by atoms with van der Waals surface area (Å²) in [5, 5.41) is 12.7. The fraction of sp³-hybridized carbons (Fsp3) is 0.516. The molecular formula is C31H43NO5. The number of amides is 1. The van der Waals surface area contributed by atoms with Gasteiger partial charge < -0.3 is 15.2 Å². The largest absolute Gasteiger partial charge is 0.458 e. The number of ketones is 1. The van der Waals surface area contributed by atoms with Crippen molar-refractivity contribution in [2.45, 2.75) is 92.4 Å². The number of nitrogens with one attached hydrogen (secondary N) is 1. The number of carbonyl (C=O) groups is 3. The molecule has 0 aromatic carbocycles. The van der Waals surface area contributed by atoms with Gasteiger partial charge in [-0.25, -0.2) is 4.79 Å². The van der Waals surface area contributed by atoms with Crippen LogP contribution in [0.2, 0.25) is 0 Å². The summed E-state index contributed by atoms with van der Waals surface area (Å²) >= 11 is 0. The predicted octanol–water partition coefficient (Wildman–Crippen LogP) is 5.15. The van der Waals surface area contributed by atoms with Gasteiger partial charge >= 0.3 is 5.97 Å². The monoisotopic (exact) mass is 509 g/mol. The van der Waals surface area contributed by atoms with Crippen LogP contribution in [0.4, 0.5) is 0 Å². The number of aliphatic hydroxyl groups excluding tert-OH is 1. The summed E-state index contributed by atoms with van der Waals surface area (Å²) in [5.41, 5.74) is 1.18. The van der Waals surface area contributed by atoms with Gasteiger partial charge in [0.05, 0.1) is 12.1 Å². The van der Waals surface area contributed by atoms with E-state index < -0.39 is 17.6 Å². The Morgan fingerprint density at radius 2 is 1.92 bits per heavy atom. The van der Waals surface area contributed by atoms with Gasteiger partial charge in [-0.3, -0.25) is 9.59 Å². The molecule has 1 aliphatic rings. The first-order valence-electron chi connectivity index (χ1n) is 12.8. The molecule has 0 saturated heterocycles. The van der Waals surface area contributed by atoms with Crippen molar-refractivity contribution >= 4 is 17.7 Å². The van der Waals surface area contributed by atoms with E-state index in [9.17, 15) is 19.5 Å². The standard InChI is InChI=1S/C31H43NO5/c1-8-9-15-25(33)16-11-12-17-26(34)29(31(5,6)7)32-28(35)18-13-10-14-22(2)21-24(4)27-20-19-23(3)30(36)37-27/h10-14,18-19,21,24-25,27,29,33H,15-17,20H2,1-7H3,(H,32,35)/b12-11-,14-10-,18-13-,22-21+/t24-,25-,27-,29+/m0/s1. The van der Waals surface area contributed by atoms with Crippen LogP contribution < -0.4 is 5.32 Å². The van der Waals surface area contributed by atoms with Crippen molar-refractivity contribution in [1.82, 2.24) is 5.32 Å². The second-order valence-electron chi connectivity index (χ2n) is 10.5. The Bertz CT molecular complexity index is 1010. The summed E-state index contributed by atoms with van der Waals surface area (Å²) < 4.78 is 5.47. The minimum Gasteiger partial charge on any atom is -0.458 e. The van der Waals surface area contributed by atoms with E-state index in [0.29, 0.717) is 24.8 Å². The van der Waals surface area contributed by atoms with Gasteiger partial charge in [-0.15, -0.1) is 11.8 Å². The molecule has 37 heavy (non-hydrogen) atoms. The molecule has 1 rings (SSSR count). The molecule has 202 valence electrons. The highest BCUT2D eigenvalue weighted by atomic mass is 16.5. The van der Waals surface area contributed by atoms with Crippen LogP contribution >= 0.6 is 0 Å². The maximum absolute atomic E-state index is 12.8. The normalized spacial score (nSPS) is 19.2. The zero-order valence-electron chi connectivity index (χ0n) is 23.3. The van der Waals surface area contributed by atoms with Crippen LogP contribution in [-0.4, -0.2) is 41.0 Å². The van der Waals surface area contributed by atoms with Crippen molar-refractivity contribution in [2.75, 3.05) is 0 Å². The van der Waals surface area contributed by atoms with Crippen LogP contribution in [0.25, 0.3) is 0 Å². The van der Waals surface area contributed by atoms with E-state index in [1.807, 2.05) is 52.8 Å². The number of hydrogen-bond acceptors (Lipinski definition) is 5. The highest BCUT2D eigenvalue weighted by Gasteiger charge is 2.31. The zero-order chi connectivity index (χ0) is 28.0. The molecule has 0 saturated carbocycles. The second-order valence-corrected chi connectivity index (χ2v) is 10.5. The average Bonchev–Trinajstić information content (AvgIpc) is 2.82. The summed E-state index contributed by atoms with van der Waals surface area (Å²) in [7, 11) is 0. The van der Waals surface area contributed by atoms with E-state index in [2.05, 4.69) is 17.2 Å². The first-order valence-corrected chi connectivity index (χ1v) is 12.8. The molecule has 0 spiro atoms. The summed E-state index contributed by atoms with van der Waals surface area (Å²) in [6, 6.07) is -0.646. The number of allylic oxidation sites excluding steroid dienone is 5. The molecule has 6 heteroatoms. The second kappa shape index (κ2) is 15.8. The van der Waals surface area contributed by atoms with E-state index in [4.69, 9.17) is 4.74 Å².